The van der Waals surface area contributed by atoms with E-state index < -0.39 is 48.6 Å². The molecule has 0 spiro atoms. The molecule has 174 valence electrons. The summed E-state index contributed by atoms with van der Waals surface area (Å²) in [5.74, 6) is -2.44. The third-order valence-corrected chi connectivity index (χ3v) is 5.17. The number of halogens is 3. The third kappa shape index (κ3) is 5.13. The van der Waals surface area contributed by atoms with Crippen molar-refractivity contribution in [1.82, 2.24) is 15.5 Å². The highest BCUT2D eigenvalue weighted by Crippen LogP contribution is 2.32. The van der Waals surface area contributed by atoms with Crippen LogP contribution in [-0.2, 0) is 15.1 Å². The van der Waals surface area contributed by atoms with E-state index in [2.05, 4.69) is 10.6 Å². The smallest absolute Gasteiger partial charge is 0.343 e. The second-order valence-corrected chi connectivity index (χ2v) is 7.34. The lowest BCUT2D eigenvalue weighted by molar-refractivity contribution is -0.134. The highest BCUT2D eigenvalue weighted by molar-refractivity contribution is 6.11. The quantitative estimate of drug-likeness (QED) is 0.550. The fraction of sp³-hybridized carbons (Fsp3) is 0.273. The highest BCUT2D eigenvalue weighted by Gasteiger charge is 2.51. The maximum absolute atomic E-state index is 13.1. The van der Waals surface area contributed by atoms with Gasteiger partial charge in [0.1, 0.15) is 18.6 Å². The van der Waals surface area contributed by atoms with Crippen LogP contribution < -0.4 is 16.0 Å². The molecule has 0 aromatic heterocycles. The van der Waals surface area contributed by atoms with Gasteiger partial charge in [-0.15, -0.1) is 0 Å². The normalized spacial score (nSPS) is 18.1. The number of imide groups is 1. The third-order valence-electron chi connectivity index (χ3n) is 5.17. The molecule has 0 bridgehead atoms. The van der Waals surface area contributed by atoms with E-state index in [-0.39, 0.29) is 17.7 Å². The Morgan fingerprint density at radius 1 is 1.03 bits per heavy atom. The van der Waals surface area contributed by atoms with Gasteiger partial charge in [0.2, 0.25) is 5.91 Å². The summed E-state index contributed by atoms with van der Waals surface area (Å²) in [5, 5.41) is 6.77. The van der Waals surface area contributed by atoms with Crippen LogP contribution in [0.1, 0.15) is 29.3 Å². The summed E-state index contributed by atoms with van der Waals surface area (Å²) in [7, 11) is 0. The fourth-order valence-corrected chi connectivity index (χ4v) is 3.53. The molecule has 8 nitrogen and oxygen atoms in total. The van der Waals surface area contributed by atoms with Crippen molar-refractivity contribution in [2.75, 3.05) is 18.4 Å². The maximum Gasteiger partial charge on any atom is 0.405 e. The first-order valence-electron chi connectivity index (χ1n) is 10.0. The zero-order valence-corrected chi connectivity index (χ0v) is 17.5. The first-order chi connectivity index (χ1) is 15.6. The minimum Gasteiger partial charge on any atom is -0.343 e. The number of hydrogen-bond acceptors (Lipinski definition) is 4. The molecule has 1 unspecified atom stereocenters. The molecule has 1 saturated heterocycles. The number of anilines is 1. The molecule has 1 heterocycles. The molecule has 1 aliphatic heterocycles. The second kappa shape index (κ2) is 9.31. The topological polar surface area (TPSA) is 108 Å². The Morgan fingerprint density at radius 3 is 2.30 bits per heavy atom. The van der Waals surface area contributed by atoms with Crippen molar-refractivity contribution in [3.8, 4) is 0 Å². The number of carbonyl (C=O) groups excluding carboxylic acids is 4. The van der Waals surface area contributed by atoms with Crippen molar-refractivity contribution in [2.24, 2.45) is 0 Å². The summed E-state index contributed by atoms with van der Waals surface area (Å²) in [6, 6.07) is 13.3. The fourth-order valence-electron chi connectivity index (χ4n) is 3.53. The SMILES string of the molecule is CCC1(c2ccccc2)NC(=O)N(CC(=O)Nc2ccccc2C(=O)NCC(F)(F)F)C1=O. The Kier molecular flexibility index (Phi) is 6.70. The number of carbonyl (C=O) groups is 4. The molecular formula is C22H21F3N4O4. The average Bonchev–Trinajstić information content (AvgIpc) is 3.03. The van der Waals surface area contributed by atoms with E-state index in [4.69, 9.17) is 0 Å². The van der Waals surface area contributed by atoms with Crippen molar-refractivity contribution in [3.05, 3.63) is 65.7 Å². The number of rotatable bonds is 7. The minimum atomic E-state index is -4.60. The first-order valence-corrected chi connectivity index (χ1v) is 10.0. The molecule has 2 aromatic carbocycles. The van der Waals surface area contributed by atoms with Crippen molar-refractivity contribution in [1.29, 1.82) is 0 Å². The van der Waals surface area contributed by atoms with E-state index in [1.165, 1.54) is 24.3 Å². The summed E-state index contributed by atoms with van der Waals surface area (Å²) < 4.78 is 37.2. The standard InChI is InChI=1S/C22H21F3N4O4/c1-2-21(14-8-4-3-5-9-14)19(32)29(20(33)28-21)12-17(30)27-16-11-7-6-10-15(16)18(31)26-13-22(23,24)25/h3-11H,2,12-13H2,1H3,(H,26,31)(H,27,30)(H,28,33). The number of amides is 5. The molecule has 2 aromatic rings. The van der Waals surface area contributed by atoms with Crippen LogP contribution in [-0.4, -0.2) is 47.9 Å². The molecule has 1 aliphatic rings. The van der Waals surface area contributed by atoms with Crippen LogP contribution >= 0.6 is 0 Å². The van der Waals surface area contributed by atoms with E-state index in [9.17, 15) is 32.3 Å². The minimum absolute atomic E-state index is 0.0564. The summed E-state index contributed by atoms with van der Waals surface area (Å²) in [6.45, 7) is -0.447. The van der Waals surface area contributed by atoms with Gasteiger partial charge in [-0.05, 0) is 24.1 Å². The molecule has 0 aliphatic carbocycles. The van der Waals surface area contributed by atoms with Crippen LogP contribution in [0, 0.1) is 0 Å². The van der Waals surface area contributed by atoms with Crippen molar-refractivity contribution >= 4 is 29.4 Å². The lowest BCUT2D eigenvalue weighted by Crippen LogP contribution is -2.44. The van der Waals surface area contributed by atoms with Gasteiger partial charge in [0, 0.05) is 0 Å². The number of benzene rings is 2. The number of hydrogen-bond donors (Lipinski definition) is 3. The van der Waals surface area contributed by atoms with Crippen LogP contribution in [0.25, 0.3) is 0 Å². The van der Waals surface area contributed by atoms with Gasteiger partial charge < -0.3 is 16.0 Å². The molecule has 33 heavy (non-hydrogen) atoms. The number of alkyl halides is 3. The first kappa shape index (κ1) is 23.8. The van der Waals surface area contributed by atoms with E-state index in [0.717, 1.165) is 4.90 Å². The summed E-state index contributed by atoms with van der Waals surface area (Å²) in [5.41, 5.74) is -0.993. The Morgan fingerprint density at radius 2 is 1.67 bits per heavy atom. The van der Waals surface area contributed by atoms with E-state index in [1.807, 2.05) is 0 Å². The van der Waals surface area contributed by atoms with Crippen LogP contribution in [0.3, 0.4) is 0 Å². The lowest BCUT2D eigenvalue weighted by atomic mass is 9.87. The zero-order chi connectivity index (χ0) is 24.2. The monoisotopic (exact) mass is 462 g/mol. The van der Waals surface area contributed by atoms with Crippen LogP contribution in [0.4, 0.5) is 23.7 Å². The predicted molar refractivity (Wildman–Crippen MR) is 112 cm³/mol. The van der Waals surface area contributed by atoms with Crippen molar-refractivity contribution in [2.45, 2.75) is 25.1 Å². The number of nitrogens with zero attached hydrogens (tertiary/aromatic N) is 1. The van der Waals surface area contributed by atoms with Gasteiger partial charge in [0.05, 0.1) is 11.3 Å². The van der Waals surface area contributed by atoms with E-state index in [1.54, 1.807) is 42.6 Å². The average molecular weight is 462 g/mol. The van der Waals surface area contributed by atoms with Gasteiger partial charge in [0.25, 0.3) is 11.8 Å². The van der Waals surface area contributed by atoms with Gasteiger partial charge >= 0.3 is 12.2 Å². The number of nitrogens with one attached hydrogen (secondary N) is 3. The molecule has 3 rings (SSSR count). The van der Waals surface area contributed by atoms with Gasteiger partial charge in [-0.1, -0.05) is 49.4 Å². The molecule has 0 radical (unpaired) electrons. The van der Waals surface area contributed by atoms with Crippen molar-refractivity contribution in [3.63, 3.8) is 0 Å². The number of urea groups is 1. The molecule has 11 heteroatoms. The second-order valence-electron chi connectivity index (χ2n) is 7.34. The largest absolute Gasteiger partial charge is 0.405 e. The Bertz CT molecular complexity index is 1070. The maximum atomic E-state index is 13.1. The Balaban J connectivity index is 1.74. The van der Waals surface area contributed by atoms with Crippen molar-refractivity contribution < 1.29 is 32.3 Å². The summed E-state index contributed by atoms with van der Waals surface area (Å²) >= 11 is 0. The highest BCUT2D eigenvalue weighted by atomic mass is 19.4. The molecule has 1 atom stereocenters. The van der Waals surface area contributed by atoms with E-state index in [0.29, 0.717) is 5.56 Å². The molecule has 1 fully saturated rings. The molecule has 3 N–H and O–H groups in total. The van der Waals surface area contributed by atoms with Crippen LogP contribution in [0.5, 0.6) is 0 Å². The van der Waals surface area contributed by atoms with Gasteiger partial charge in [0.15, 0.2) is 0 Å². The molecule has 5 amide bonds. The lowest BCUT2D eigenvalue weighted by Gasteiger charge is -2.25. The Labute approximate surface area is 187 Å². The van der Waals surface area contributed by atoms with Gasteiger partial charge in [-0.2, -0.15) is 13.2 Å². The van der Waals surface area contributed by atoms with Crippen LogP contribution in [0.15, 0.2) is 54.6 Å². The summed E-state index contributed by atoms with van der Waals surface area (Å²) in [6.07, 6.45) is -4.34. The number of para-hydroxylation sites is 1. The van der Waals surface area contributed by atoms with Gasteiger partial charge in [-0.25, -0.2) is 4.79 Å². The van der Waals surface area contributed by atoms with Gasteiger partial charge in [-0.3, -0.25) is 19.3 Å². The van der Waals surface area contributed by atoms with E-state index >= 15 is 0 Å². The zero-order valence-electron chi connectivity index (χ0n) is 17.5. The molecular weight excluding hydrogens is 441 g/mol. The molecule has 0 saturated carbocycles. The predicted octanol–water partition coefficient (Wildman–Crippen LogP) is 2.77. The Hall–Kier alpha value is -3.89. The summed E-state index contributed by atoms with van der Waals surface area (Å²) in [4.78, 5) is 51.1. The van der Waals surface area contributed by atoms with Crippen LogP contribution in [0.2, 0.25) is 0 Å².